The molecule has 0 aliphatic rings. The zero-order valence-corrected chi connectivity index (χ0v) is 17.8. The number of benzene rings is 2. The van der Waals surface area contributed by atoms with Crippen molar-refractivity contribution in [2.24, 2.45) is 0 Å². The van der Waals surface area contributed by atoms with Crippen molar-refractivity contribution in [3.05, 3.63) is 58.9 Å². The minimum absolute atomic E-state index is 0.0219. The van der Waals surface area contributed by atoms with E-state index in [0.717, 1.165) is 0 Å². The van der Waals surface area contributed by atoms with E-state index in [2.05, 4.69) is 14.9 Å². The van der Waals surface area contributed by atoms with Gasteiger partial charge in [-0.15, -0.1) is 10.2 Å². The van der Waals surface area contributed by atoms with E-state index in [1.807, 2.05) is 13.8 Å². The number of alkyl halides is 2. The van der Waals surface area contributed by atoms with Gasteiger partial charge in [0.15, 0.2) is 11.5 Å². The average molecular weight is 452 g/mol. The Kier molecular flexibility index (Phi) is 7.06. The fraction of sp³-hybridized carbons (Fsp3) is 0.286. The van der Waals surface area contributed by atoms with E-state index < -0.39 is 6.61 Å². The van der Waals surface area contributed by atoms with Crippen LogP contribution in [0.4, 0.5) is 8.78 Å². The third kappa shape index (κ3) is 5.29. The molecule has 2 aromatic carbocycles. The van der Waals surface area contributed by atoms with Crippen LogP contribution in [0.1, 0.15) is 30.1 Å². The Bertz CT molecular complexity index is 1060. The molecule has 0 aliphatic carbocycles. The quantitative estimate of drug-likeness (QED) is 0.477. The van der Waals surface area contributed by atoms with Gasteiger partial charge in [-0.3, -0.25) is 4.79 Å². The van der Waals surface area contributed by atoms with Crippen molar-refractivity contribution in [1.82, 2.24) is 15.1 Å². The largest absolute Gasteiger partial charge is 0.493 e. The third-order valence-electron chi connectivity index (χ3n) is 4.39. The first-order chi connectivity index (χ1) is 14.8. The summed E-state index contributed by atoms with van der Waals surface area (Å²) in [6, 6.07) is 10.8. The number of nitrogens with zero attached hydrogens (tertiary/aromatic N) is 3. The van der Waals surface area contributed by atoms with Crippen LogP contribution < -0.4 is 9.47 Å². The Balaban J connectivity index is 1.83. The van der Waals surface area contributed by atoms with Crippen LogP contribution in [0.5, 0.6) is 11.5 Å². The molecule has 31 heavy (non-hydrogen) atoms. The van der Waals surface area contributed by atoms with E-state index >= 15 is 0 Å². The van der Waals surface area contributed by atoms with Crippen LogP contribution >= 0.6 is 11.6 Å². The Morgan fingerprint density at radius 1 is 1.16 bits per heavy atom. The number of hydrogen-bond donors (Lipinski definition) is 0. The normalized spacial score (nSPS) is 11.1. The lowest BCUT2D eigenvalue weighted by atomic mass is 10.1. The molecule has 0 saturated carbocycles. The number of methoxy groups -OCH3 is 1. The van der Waals surface area contributed by atoms with Crippen molar-refractivity contribution in [3.8, 4) is 23.0 Å². The van der Waals surface area contributed by atoms with E-state index in [0.29, 0.717) is 10.6 Å². The van der Waals surface area contributed by atoms with E-state index in [9.17, 15) is 13.6 Å². The molecular weight excluding hydrogens is 432 g/mol. The van der Waals surface area contributed by atoms with Crippen molar-refractivity contribution in [2.75, 3.05) is 7.11 Å². The van der Waals surface area contributed by atoms with Gasteiger partial charge in [-0.05, 0) is 44.2 Å². The average Bonchev–Trinajstić information content (AvgIpc) is 3.20. The summed E-state index contributed by atoms with van der Waals surface area (Å²) in [5.41, 5.74) is 0.822. The Labute approximate surface area is 182 Å². The van der Waals surface area contributed by atoms with Gasteiger partial charge in [0.1, 0.15) is 0 Å². The van der Waals surface area contributed by atoms with Gasteiger partial charge >= 0.3 is 6.61 Å². The van der Waals surface area contributed by atoms with E-state index in [1.165, 1.54) is 30.2 Å². The van der Waals surface area contributed by atoms with Crippen LogP contribution in [0.25, 0.3) is 11.5 Å². The van der Waals surface area contributed by atoms with Crippen molar-refractivity contribution in [2.45, 2.75) is 33.0 Å². The molecule has 0 atom stereocenters. The fourth-order valence-corrected chi connectivity index (χ4v) is 3.07. The summed E-state index contributed by atoms with van der Waals surface area (Å²) >= 11 is 6.17. The highest BCUT2D eigenvalue weighted by Gasteiger charge is 2.24. The molecule has 0 radical (unpaired) electrons. The molecule has 0 unspecified atom stereocenters. The summed E-state index contributed by atoms with van der Waals surface area (Å²) in [4.78, 5) is 14.6. The summed E-state index contributed by atoms with van der Waals surface area (Å²) < 4.78 is 40.2. The van der Waals surface area contributed by atoms with Gasteiger partial charge in [0.05, 0.1) is 24.2 Å². The number of rotatable bonds is 8. The van der Waals surface area contributed by atoms with E-state index in [-0.39, 0.29) is 47.3 Å². The van der Waals surface area contributed by atoms with Gasteiger partial charge in [-0.1, -0.05) is 23.7 Å². The third-order valence-corrected chi connectivity index (χ3v) is 4.72. The maximum Gasteiger partial charge on any atom is 0.387 e. The first-order valence-electron chi connectivity index (χ1n) is 9.31. The second-order valence-corrected chi connectivity index (χ2v) is 7.16. The molecular formula is C21H20ClF2N3O4. The van der Waals surface area contributed by atoms with Crippen LogP contribution in [-0.2, 0) is 6.54 Å². The van der Waals surface area contributed by atoms with Crippen molar-refractivity contribution >= 4 is 17.5 Å². The first-order valence-corrected chi connectivity index (χ1v) is 9.69. The van der Waals surface area contributed by atoms with E-state index in [1.54, 1.807) is 24.3 Å². The zero-order valence-electron chi connectivity index (χ0n) is 17.0. The number of hydrogen-bond acceptors (Lipinski definition) is 6. The van der Waals surface area contributed by atoms with Gasteiger partial charge in [-0.25, -0.2) is 0 Å². The fourth-order valence-electron chi connectivity index (χ4n) is 2.86. The predicted molar refractivity (Wildman–Crippen MR) is 109 cm³/mol. The first kappa shape index (κ1) is 22.5. The van der Waals surface area contributed by atoms with Gasteiger partial charge < -0.3 is 18.8 Å². The number of ether oxygens (including phenoxy) is 2. The highest BCUT2D eigenvalue weighted by atomic mass is 35.5. The van der Waals surface area contributed by atoms with Crippen LogP contribution in [-0.4, -0.2) is 40.8 Å². The van der Waals surface area contributed by atoms with E-state index in [4.69, 9.17) is 20.8 Å². The molecule has 0 spiro atoms. The van der Waals surface area contributed by atoms with Gasteiger partial charge in [0.25, 0.3) is 5.91 Å². The number of halogens is 3. The van der Waals surface area contributed by atoms with Crippen LogP contribution in [0.3, 0.4) is 0 Å². The standard InChI is InChI=1S/C21H20ClF2N3O4/c1-12(2)27(11-18-25-26-19(31-18)14-6-4-5-7-15(14)22)20(28)13-8-9-16(30-21(23)24)17(10-13)29-3/h4-10,12,21H,11H2,1-3H3. The zero-order chi connectivity index (χ0) is 22.5. The molecule has 3 rings (SSSR count). The molecule has 164 valence electrons. The summed E-state index contributed by atoms with van der Waals surface area (Å²) in [6.07, 6.45) is 0. The monoisotopic (exact) mass is 451 g/mol. The molecule has 1 amide bonds. The minimum Gasteiger partial charge on any atom is -0.493 e. The number of carbonyl (C=O) groups excluding carboxylic acids is 1. The molecule has 1 heterocycles. The summed E-state index contributed by atoms with van der Waals surface area (Å²) in [5, 5.41) is 8.49. The van der Waals surface area contributed by atoms with Crippen molar-refractivity contribution in [3.63, 3.8) is 0 Å². The Hall–Kier alpha value is -3.20. The highest BCUT2D eigenvalue weighted by molar-refractivity contribution is 6.33. The second-order valence-electron chi connectivity index (χ2n) is 6.75. The Morgan fingerprint density at radius 2 is 1.90 bits per heavy atom. The predicted octanol–water partition coefficient (Wildman–Crippen LogP) is 5.05. The highest BCUT2D eigenvalue weighted by Crippen LogP contribution is 2.31. The topological polar surface area (TPSA) is 77.7 Å². The molecule has 0 fully saturated rings. The lowest BCUT2D eigenvalue weighted by Gasteiger charge is -2.25. The van der Waals surface area contributed by atoms with Crippen LogP contribution in [0, 0.1) is 0 Å². The molecule has 3 aromatic rings. The maximum atomic E-state index is 13.1. The summed E-state index contributed by atoms with van der Waals surface area (Å²) in [7, 11) is 1.30. The molecule has 7 nitrogen and oxygen atoms in total. The lowest BCUT2D eigenvalue weighted by molar-refractivity contribution is -0.0512. The molecule has 0 aliphatic heterocycles. The van der Waals surface area contributed by atoms with Crippen LogP contribution in [0.2, 0.25) is 5.02 Å². The maximum absolute atomic E-state index is 13.1. The molecule has 0 saturated heterocycles. The molecule has 0 N–H and O–H groups in total. The SMILES string of the molecule is COc1cc(C(=O)N(Cc2nnc(-c3ccccc3Cl)o2)C(C)C)ccc1OC(F)F. The second kappa shape index (κ2) is 9.74. The molecule has 0 bridgehead atoms. The summed E-state index contributed by atoms with van der Waals surface area (Å²) in [6.45, 7) is 0.696. The Morgan fingerprint density at radius 3 is 2.55 bits per heavy atom. The van der Waals surface area contributed by atoms with Crippen molar-refractivity contribution < 1.29 is 27.5 Å². The van der Waals surface area contributed by atoms with Crippen LogP contribution in [0.15, 0.2) is 46.9 Å². The summed E-state index contributed by atoms with van der Waals surface area (Å²) in [5.74, 6) is -0.0389. The minimum atomic E-state index is -3.01. The molecule has 1 aromatic heterocycles. The number of amides is 1. The number of aromatic nitrogens is 2. The number of carbonyl (C=O) groups is 1. The smallest absolute Gasteiger partial charge is 0.387 e. The van der Waals surface area contributed by atoms with Gasteiger partial charge in [-0.2, -0.15) is 8.78 Å². The lowest BCUT2D eigenvalue weighted by Crippen LogP contribution is -2.36. The van der Waals surface area contributed by atoms with Gasteiger partial charge in [0.2, 0.25) is 11.8 Å². The van der Waals surface area contributed by atoms with Gasteiger partial charge in [0, 0.05) is 11.6 Å². The van der Waals surface area contributed by atoms with Crippen molar-refractivity contribution in [1.29, 1.82) is 0 Å². The molecule has 10 heteroatoms.